The fourth-order valence-corrected chi connectivity index (χ4v) is 0. The van der Waals surface area contributed by atoms with Crippen molar-refractivity contribution in [3.05, 3.63) is 0 Å². The van der Waals surface area contributed by atoms with E-state index in [1.807, 2.05) is 0 Å². The second-order valence-electron chi connectivity index (χ2n) is 0.894. The van der Waals surface area contributed by atoms with Crippen LogP contribution in [0.25, 0.3) is 0 Å². The minimum atomic E-state index is -2.54. The van der Waals surface area contributed by atoms with Crippen LogP contribution in [0.5, 0.6) is 0 Å². The van der Waals surface area contributed by atoms with E-state index < -0.39 is 30.3 Å². The molecule has 0 bridgehead atoms. The van der Waals surface area contributed by atoms with Crippen molar-refractivity contribution in [2.24, 2.45) is 0 Å². The Hall–Kier alpha value is 5.20. The van der Waals surface area contributed by atoms with Gasteiger partial charge in [-0.15, -0.1) is 0 Å². The summed E-state index contributed by atoms with van der Waals surface area (Å²) in [6.07, 6.45) is 0. The van der Waals surface area contributed by atoms with Crippen molar-refractivity contribution < 1.29 is 39.1 Å². The molecule has 0 aliphatic heterocycles. The van der Waals surface area contributed by atoms with Crippen molar-refractivity contribution in [2.75, 3.05) is 0 Å². The third kappa shape index (κ3) is 386. The first-order valence-electron chi connectivity index (χ1n) is 2.19. The van der Waals surface area contributed by atoms with E-state index in [4.69, 9.17) is 39.1 Å². The molecule has 0 heterocycles. The molecule has 0 amide bonds. The summed E-state index contributed by atoms with van der Waals surface area (Å²) in [6, 6.07) is 0. The molecule has 0 aliphatic carbocycles. The van der Waals surface area contributed by atoms with E-state index in [1.165, 1.54) is 0 Å². The van der Waals surface area contributed by atoms with Crippen LogP contribution in [-0.4, -0.2) is 71.7 Å². The zero-order valence-electron chi connectivity index (χ0n) is 8.19. The van der Waals surface area contributed by atoms with Crippen LogP contribution in [0.15, 0.2) is 0 Å². The summed E-state index contributed by atoms with van der Waals surface area (Å²) in [5.41, 5.74) is 0. The number of hydrogen-bond donors (Lipinski definition) is 0. The van der Waals surface area contributed by atoms with Gasteiger partial charge in [-0.3, -0.25) is 0 Å². The van der Waals surface area contributed by atoms with Crippen LogP contribution in [0.4, 0.5) is 0 Å². The van der Waals surface area contributed by atoms with Gasteiger partial charge in [-0.05, 0) is 0 Å². The van der Waals surface area contributed by atoms with Gasteiger partial charge in [-0.1, -0.05) is 0 Å². The van der Waals surface area contributed by atoms with Crippen molar-refractivity contribution >= 4 is 151 Å². The van der Waals surface area contributed by atoms with Crippen molar-refractivity contribution in [3.8, 4) is 0 Å². The Morgan fingerprint density at radius 1 is 0.368 bits per heavy atom. The van der Waals surface area contributed by atoms with Gasteiger partial charge < -0.3 is 118 Å². The fraction of sp³-hybridized carbons (Fsp3) is 0. The third-order valence-corrected chi connectivity index (χ3v) is 0. The summed E-state index contributed by atoms with van der Waals surface area (Å²) < 4.78 is 0. The Bertz CT molecular complexity index is 79.0. The van der Waals surface area contributed by atoms with Crippen LogP contribution in [-0.2, 0) is 49.0 Å². The van der Waals surface area contributed by atoms with E-state index in [-0.39, 0.29) is 71.7 Å². The van der Waals surface area contributed by atoms with Crippen molar-refractivity contribution in [1.82, 2.24) is 0 Å². The standard InChI is InChI=1S/4O2PS.3Sn/c4*1-3(2)4;;;/q4*-3;3*+4. The maximum atomic E-state index is 8.85. The summed E-state index contributed by atoms with van der Waals surface area (Å²) in [5.74, 6) is 0. The summed E-state index contributed by atoms with van der Waals surface area (Å²) in [4.78, 5) is 70.8. The molecule has 0 unspecified atom stereocenters. The summed E-state index contributed by atoms with van der Waals surface area (Å²) in [6.45, 7) is 0. The first-order chi connectivity index (χ1) is 6.93. The Kier molecular flexibility index (Phi) is 89.6. The Balaban J connectivity index is -0.0000000192. The maximum absolute atomic E-state index is 8.85. The third-order valence-electron chi connectivity index (χ3n) is 0. The molecule has 0 aromatic carbocycles. The fourth-order valence-electron chi connectivity index (χ4n) is 0. The normalized spacial score (nSPS) is 7.58. The van der Waals surface area contributed by atoms with Crippen LogP contribution < -0.4 is 39.1 Å². The van der Waals surface area contributed by atoms with E-state index in [0.717, 1.165) is 0 Å². The number of rotatable bonds is 0. The first-order valence-corrected chi connectivity index (χ1v) is 11.0. The van der Waals surface area contributed by atoms with E-state index >= 15 is 0 Å². The maximum Gasteiger partial charge on any atom is 4.00 e. The van der Waals surface area contributed by atoms with Gasteiger partial charge in [0.1, 0.15) is 0 Å². The molecule has 19 heavy (non-hydrogen) atoms. The molecule has 104 valence electrons. The molecule has 0 aromatic heterocycles. The monoisotopic (exact) mass is 739 g/mol. The van der Waals surface area contributed by atoms with Crippen molar-refractivity contribution in [3.63, 3.8) is 0 Å². The number of hydrogen-bond acceptors (Lipinski definition) is 12. The van der Waals surface area contributed by atoms with Gasteiger partial charge in [0.05, 0.1) is 0 Å². The van der Waals surface area contributed by atoms with Gasteiger partial charge in [-0.2, -0.15) is 0 Å². The van der Waals surface area contributed by atoms with Crippen LogP contribution in [0.1, 0.15) is 0 Å². The van der Waals surface area contributed by atoms with E-state index in [2.05, 4.69) is 49.0 Å². The van der Waals surface area contributed by atoms with Gasteiger partial charge in [0.25, 0.3) is 0 Å². The summed E-state index contributed by atoms with van der Waals surface area (Å²) >= 11 is 14.3. The molecular formula is O8P4S4Sn3. The van der Waals surface area contributed by atoms with E-state index in [9.17, 15) is 0 Å². The molecule has 0 saturated heterocycles. The topological polar surface area (TPSA) is 184 Å². The zero-order chi connectivity index (χ0) is 14.3. The predicted molar refractivity (Wildman–Crippen MR) is 74.4 cm³/mol. The van der Waals surface area contributed by atoms with Crippen LogP contribution in [0, 0.1) is 0 Å². The zero-order valence-corrected chi connectivity index (χ0v) is 23.6. The molecule has 0 saturated carbocycles. The van der Waals surface area contributed by atoms with Crippen molar-refractivity contribution in [2.45, 2.75) is 0 Å². The van der Waals surface area contributed by atoms with Gasteiger partial charge in [0.15, 0.2) is 0 Å². The second kappa shape index (κ2) is 38.6. The molecule has 19 heteroatoms. The first kappa shape index (κ1) is 44.0. The Morgan fingerprint density at radius 2 is 0.368 bits per heavy atom. The van der Waals surface area contributed by atoms with E-state index in [1.54, 1.807) is 0 Å². The Labute approximate surface area is 187 Å². The SMILES string of the molecule is [O-]P([O-])[S-].[O-]P([O-])[S-].[O-]P([O-])[S-].[O-]P([O-])[S-].[Sn+4].[Sn+4].[Sn+4]. The molecule has 0 atom stereocenters. The molecule has 0 N–H and O–H groups in total. The molecular weight excluding hydrogens is 736 g/mol. The molecule has 0 spiro atoms. The molecule has 0 fully saturated rings. The van der Waals surface area contributed by atoms with Crippen molar-refractivity contribution in [1.29, 1.82) is 0 Å². The van der Waals surface area contributed by atoms with Crippen LogP contribution >= 0.6 is 30.3 Å². The van der Waals surface area contributed by atoms with Gasteiger partial charge in [-0.25, -0.2) is 0 Å². The van der Waals surface area contributed by atoms with Crippen LogP contribution in [0.3, 0.4) is 0 Å². The second-order valence-corrected chi connectivity index (χ2v) is 6.26. The molecule has 0 radical (unpaired) electrons. The molecule has 0 aliphatic rings. The largest absolute Gasteiger partial charge is 4.00 e. The molecule has 0 rings (SSSR count). The molecule has 8 nitrogen and oxygen atoms in total. The summed E-state index contributed by atoms with van der Waals surface area (Å²) in [5, 5.41) is 0. The van der Waals surface area contributed by atoms with Crippen LogP contribution in [0.2, 0.25) is 0 Å². The van der Waals surface area contributed by atoms with Gasteiger partial charge in [0.2, 0.25) is 0 Å². The average molecular weight is 736 g/mol. The predicted octanol–water partition coefficient (Wildman–Crippen LogP) is -7.22. The Morgan fingerprint density at radius 3 is 0.368 bits per heavy atom. The average Bonchev–Trinajstić information content (AvgIpc) is 1.76. The molecule has 0 aromatic rings. The van der Waals surface area contributed by atoms with E-state index in [0.29, 0.717) is 0 Å². The van der Waals surface area contributed by atoms with Gasteiger partial charge >= 0.3 is 71.7 Å². The quantitative estimate of drug-likeness (QED) is 0.130. The smallest absolute Gasteiger partial charge is 0.860 e. The van der Waals surface area contributed by atoms with Gasteiger partial charge in [0, 0.05) is 0 Å². The minimum Gasteiger partial charge on any atom is -0.860 e. The summed E-state index contributed by atoms with van der Waals surface area (Å²) in [7, 11) is -10.1. The minimum absolute atomic E-state index is 0.